The van der Waals surface area contributed by atoms with E-state index in [2.05, 4.69) is 6.92 Å². The van der Waals surface area contributed by atoms with E-state index in [1.807, 2.05) is 13.0 Å². The number of ether oxygens (including phenoxy) is 1. The van der Waals surface area contributed by atoms with Crippen LogP contribution >= 0.6 is 0 Å². The minimum atomic E-state index is -4.10. The Labute approximate surface area is 166 Å². The molecule has 6 nitrogen and oxygen atoms in total. The van der Waals surface area contributed by atoms with Crippen molar-refractivity contribution in [2.45, 2.75) is 64.4 Å². The zero-order valence-corrected chi connectivity index (χ0v) is 17.3. The van der Waals surface area contributed by atoms with Gasteiger partial charge in [0.05, 0.1) is 12.7 Å². The van der Waals surface area contributed by atoms with E-state index in [0.717, 1.165) is 37.7 Å². The molecule has 1 spiro atoms. The minimum absolute atomic E-state index is 0.0514. The predicted molar refractivity (Wildman–Crippen MR) is 104 cm³/mol. The Kier molecular flexibility index (Phi) is 3.91. The SMILES string of the molecule is CCOc1cc2c(cc1OS(N)(=O)=O)CCC1C2CC[C@]2(C)[C@H](O)C[C@@H]3C[C@@]132. The number of aryl methyl sites for hydroxylation is 1. The van der Waals surface area contributed by atoms with Gasteiger partial charge in [-0.2, -0.15) is 13.6 Å². The average molecular weight is 408 g/mol. The van der Waals surface area contributed by atoms with Crippen LogP contribution in [-0.4, -0.2) is 26.2 Å². The van der Waals surface area contributed by atoms with Crippen molar-refractivity contribution in [3.8, 4) is 11.5 Å². The van der Waals surface area contributed by atoms with Crippen LogP contribution in [0.1, 0.15) is 63.0 Å². The van der Waals surface area contributed by atoms with Crippen LogP contribution in [0.15, 0.2) is 12.1 Å². The van der Waals surface area contributed by atoms with Gasteiger partial charge in [0, 0.05) is 0 Å². The first-order valence-electron chi connectivity index (χ1n) is 10.4. The van der Waals surface area contributed by atoms with Crippen LogP contribution in [0.4, 0.5) is 0 Å². The topological polar surface area (TPSA) is 98.9 Å². The fourth-order valence-corrected chi connectivity index (χ4v) is 7.63. The van der Waals surface area contributed by atoms with Crippen LogP contribution in [0.25, 0.3) is 0 Å². The number of benzene rings is 1. The van der Waals surface area contributed by atoms with Crippen molar-refractivity contribution in [1.29, 1.82) is 0 Å². The van der Waals surface area contributed by atoms with Gasteiger partial charge in [0.2, 0.25) is 0 Å². The van der Waals surface area contributed by atoms with E-state index in [4.69, 9.17) is 14.1 Å². The summed E-state index contributed by atoms with van der Waals surface area (Å²) in [5.74, 6) is 2.31. The van der Waals surface area contributed by atoms with Crippen LogP contribution in [0.2, 0.25) is 0 Å². The summed E-state index contributed by atoms with van der Waals surface area (Å²) in [6.45, 7) is 4.60. The second-order valence-electron chi connectivity index (χ2n) is 9.41. The summed E-state index contributed by atoms with van der Waals surface area (Å²) in [5.41, 5.74) is 2.74. The molecular formula is C21H29NO5S. The Morgan fingerprint density at radius 3 is 2.79 bits per heavy atom. The number of aliphatic hydroxyl groups is 1. The largest absolute Gasteiger partial charge is 0.490 e. The zero-order valence-electron chi connectivity index (χ0n) is 16.5. The monoisotopic (exact) mass is 407 g/mol. The summed E-state index contributed by atoms with van der Waals surface area (Å²) in [6, 6.07) is 3.79. The number of fused-ring (bicyclic) bond motifs is 3. The molecule has 0 aliphatic heterocycles. The van der Waals surface area contributed by atoms with Crippen LogP contribution < -0.4 is 14.1 Å². The van der Waals surface area contributed by atoms with E-state index >= 15 is 0 Å². The van der Waals surface area contributed by atoms with Gasteiger partial charge in [-0.3, -0.25) is 0 Å². The molecule has 0 saturated heterocycles. The molecule has 0 amide bonds. The molecule has 2 unspecified atom stereocenters. The molecule has 1 aromatic rings. The Balaban J connectivity index is 1.55. The number of hydrogen-bond acceptors (Lipinski definition) is 5. The molecule has 1 aromatic carbocycles. The molecule has 7 heteroatoms. The fraction of sp³-hybridized carbons (Fsp3) is 0.714. The summed E-state index contributed by atoms with van der Waals surface area (Å²) < 4.78 is 33.6. The molecular weight excluding hydrogens is 378 g/mol. The number of aliphatic hydroxyl groups excluding tert-OH is 1. The number of hydrogen-bond donors (Lipinski definition) is 2. The molecule has 3 saturated carbocycles. The van der Waals surface area contributed by atoms with Crippen LogP contribution in [0.3, 0.4) is 0 Å². The van der Waals surface area contributed by atoms with Gasteiger partial charge in [-0.1, -0.05) is 6.92 Å². The second-order valence-corrected chi connectivity index (χ2v) is 10.6. The van der Waals surface area contributed by atoms with E-state index in [1.54, 1.807) is 6.07 Å². The molecule has 4 aliphatic rings. The molecule has 28 heavy (non-hydrogen) atoms. The Morgan fingerprint density at radius 1 is 1.29 bits per heavy atom. The van der Waals surface area contributed by atoms with Crippen molar-refractivity contribution in [3.05, 3.63) is 23.3 Å². The van der Waals surface area contributed by atoms with Crippen LogP contribution in [-0.2, 0) is 16.7 Å². The maximum Gasteiger partial charge on any atom is 0.380 e. The summed E-state index contributed by atoms with van der Waals surface area (Å²) in [7, 11) is -4.10. The van der Waals surface area contributed by atoms with Gasteiger partial charge in [-0.05, 0) is 97.3 Å². The first kappa shape index (κ1) is 18.7. The fourth-order valence-electron chi connectivity index (χ4n) is 7.25. The first-order chi connectivity index (χ1) is 13.2. The molecule has 154 valence electrons. The Bertz CT molecular complexity index is 931. The average Bonchev–Trinajstić information content (AvgIpc) is 3.27. The van der Waals surface area contributed by atoms with E-state index in [1.165, 1.54) is 12.0 Å². The van der Waals surface area contributed by atoms with Crippen molar-refractivity contribution >= 4 is 10.3 Å². The van der Waals surface area contributed by atoms with Gasteiger partial charge in [0.15, 0.2) is 11.5 Å². The van der Waals surface area contributed by atoms with E-state index in [9.17, 15) is 13.5 Å². The highest BCUT2D eigenvalue weighted by molar-refractivity contribution is 7.84. The molecule has 3 N–H and O–H groups in total. The number of rotatable bonds is 4. The van der Waals surface area contributed by atoms with Gasteiger partial charge in [-0.15, -0.1) is 0 Å². The summed E-state index contributed by atoms with van der Waals surface area (Å²) in [4.78, 5) is 0. The summed E-state index contributed by atoms with van der Waals surface area (Å²) in [6.07, 6.45) is 6.12. The lowest BCUT2D eigenvalue weighted by molar-refractivity contribution is -0.0558. The quantitative estimate of drug-likeness (QED) is 0.800. The normalized spacial score (nSPS) is 40.7. The Morgan fingerprint density at radius 2 is 2.07 bits per heavy atom. The molecule has 0 bridgehead atoms. The zero-order chi connectivity index (χ0) is 19.9. The standard InChI is InChI=1S/C21H29NO5S/c1-3-26-17-10-15-12(8-18(17)27-28(22,24)25)4-5-16-14(15)6-7-20(2)19(23)9-13-11-21(13,16)20/h8,10,13-14,16,19,23H,3-7,9,11H2,1-2H3,(H2,22,24,25)/t13-,14?,16?,19-,20-,21+/m1/s1. The second kappa shape index (κ2) is 5.86. The van der Waals surface area contributed by atoms with Crippen molar-refractivity contribution < 1.29 is 22.4 Å². The lowest BCUT2D eigenvalue weighted by atomic mass is 9.52. The van der Waals surface area contributed by atoms with Gasteiger partial charge >= 0.3 is 10.3 Å². The van der Waals surface area contributed by atoms with Crippen LogP contribution in [0.5, 0.6) is 11.5 Å². The first-order valence-corrected chi connectivity index (χ1v) is 11.9. The molecule has 3 fully saturated rings. The molecule has 0 aromatic heterocycles. The van der Waals surface area contributed by atoms with Crippen molar-refractivity contribution in [1.82, 2.24) is 0 Å². The van der Waals surface area contributed by atoms with Gasteiger partial charge < -0.3 is 14.0 Å². The van der Waals surface area contributed by atoms with Gasteiger partial charge in [-0.25, -0.2) is 0 Å². The lowest BCUT2D eigenvalue weighted by Gasteiger charge is -2.52. The number of nitrogens with two attached hydrogens (primary N) is 1. The van der Waals surface area contributed by atoms with Crippen molar-refractivity contribution in [2.24, 2.45) is 27.8 Å². The predicted octanol–water partition coefficient (Wildman–Crippen LogP) is 2.88. The smallest absolute Gasteiger partial charge is 0.380 e. The molecule has 6 atom stereocenters. The maximum atomic E-state index is 11.5. The highest BCUT2D eigenvalue weighted by atomic mass is 32.2. The third kappa shape index (κ3) is 2.42. The highest BCUT2D eigenvalue weighted by Crippen LogP contribution is 2.81. The highest BCUT2D eigenvalue weighted by Gasteiger charge is 2.76. The molecule has 5 rings (SSSR count). The lowest BCUT2D eigenvalue weighted by Crippen LogP contribution is -2.47. The minimum Gasteiger partial charge on any atom is -0.490 e. The van der Waals surface area contributed by atoms with Gasteiger partial charge in [0.1, 0.15) is 0 Å². The summed E-state index contributed by atoms with van der Waals surface area (Å²) in [5, 5.41) is 15.8. The Hall–Kier alpha value is -1.31. The van der Waals surface area contributed by atoms with E-state index < -0.39 is 10.3 Å². The van der Waals surface area contributed by atoms with E-state index in [-0.39, 0.29) is 22.7 Å². The third-order valence-electron chi connectivity index (χ3n) is 8.42. The van der Waals surface area contributed by atoms with E-state index in [0.29, 0.717) is 30.1 Å². The van der Waals surface area contributed by atoms with Crippen molar-refractivity contribution in [2.75, 3.05) is 6.61 Å². The molecule has 4 aliphatic carbocycles. The third-order valence-corrected chi connectivity index (χ3v) is 8.83. The van der Waals surface area contributed by atoms with Crippen LogP contribution in [0, 0.1) is 22.7 Å². The summed E-state index contributed by atoms with van der Waals surface area (Å²) >= 11 is 0. The maximum absolute atomic E-state index is 11.5. The molecule has 0 heterocycles. The van der Waals surface area contributed by atoms with Gasteiger partial charge in [0.25, 0.3) is 0 Å². The van der Waals surface area contributed by atoms with Crippen molar-refractivity contribution in [3.63, 3.8) is 0 Å². The molecule has 0 radical (unpaired) electrons.